The van der Waals surface area contributed by atoms with E-state index in [4.69, 9.17) is 48.5 Å². The number of hydrogen-bond acceptors (Lipinski definition) is 12. The molecule has 0 aliphatic rings. The first kappa shape index (κ1) is 34.3. The molecule has 13 nitrogen and oxygen atoms in total. The van der Waals surface area contributed by atoms with E-state index in [2.05, 4.69) is 0 Å². The van der Waals surface area contributed by atoms with Gasteiger partial charge in [0.25, 0.3) is 0 Å². The Hall–Kier alpha value is -1.27. The summed E-state index contributed by atoms with van der Waals surface area (Å²) >= 11 is 1.60. The molecular weight excluding hydrogens is 476 g/mol. The van der Waals surface area contributed by atoms with Crippen molar-refractivity contribution in [2.24, 2.45) is 22.9 Å². The van der Waals surface area contributed by atoms with E-state index in [0.717, 1.165) is 5.75 Å². The standard InChI is InChI=1S/C6H12N2O4S2.C5H11NO2S.C4H9NO3/c7-3(5(9)10)1-13-14-2-4(8)6(11)12;1-9-3-2-4(6)5(7)8;1-2(6)3(5)4(7)8/h3-4H,1-2,7-8H2,(H,9,10)(H,11,12);4H,2-3,6H2,1H3,(H,7,8);2-3,6H,5H2,1H3,(H,7,8)/t3-,4-;4-;2-,3+/m001/s1. The molecule has 0 fully saturated rings. The first-order valence-corrected chi connectivity index (χ1v) is 12.4. The molecule has 13 N–H and O–H groups in total. The van der Waals surface area contributed by atoms with Crippen LogP contribution in [0.2, 0.25) is 0 Å². The van der Waals surface area contributed by atoms with E-state index in [-0.39, 0.29) is 11.5 Å². The molecule has 0 heterocycles. The highest BCUT2D eigenvalue weighted by molar-refractivity contribution is 8.76. The number of nitrogens with two attached hydrogens (primary N) is 4. The fraction of sp³-hybridized carbons (Fsp3) is 0.733. The minimum absolute atomic E-state index is 0.229. The topological polar surface area (TPSA) is 274 Å². The minimum Gasteiger partial charge on any atom is -0.480 e. The fourth-order valence-electron chi connectivity index (χ4n) is 0.960. The van der Waals surface area contributed by atoms with Crippen LogP contribution >= 0.6 is 33.3 Å². The molecule has 5 atom stereocenters. The summed E-state index contributed by atoms with van der Waals surface area (Å²) in [5.41, 5.74) is 20.5. The van der Waals surface area contributed by atoms with Gasteiger partial charge in [-0.2, -0.15) is 11.8 Å². The summed E-state index contributed by atoms with van der Waals surface area (Å²) in [4.78, 5) is 40.5. The van der Waals surface area contributed by atoms with Gasteiger partial charge in [-0.15, -0.1) is 0 Å². The average Bonchev–Trinajstić information content (AvgIpc) is 2.68. The van der Waals surface area contributed by atoms with Crippen LogP contribution in [0.5, 0.6) is 0 Å². The molecule has 31 heavy (non-hydrogen) atoms. The zero-order valence-electron chi connectivity index (χ0n) is 17.1. The Morgan fingerprint density at radius 3 is 1.29 bits per heavy atom. The zero-order valence-corrected chi connectivity index (χ0v) is 19.6. The summed E-state index contributed by atoms with van der Waals surface area (Å²) in [6.07, 6.45) is 1.50. The van der Waals surface area contributed by atoms with Gasteiger partial charge >= 0.3 is 23.9 Å². The third-order valence-corrected chi connectivity index (χ3v) is 6.09. The second-order valence-corrected chi connectivity index (χ2v) is 9.33. The molecule has 184 valence electrons. The van der Waals surface area contributed by atoms with Crippen LogP contribution in [-0.2, 0) is 19.2 Å². The van der Waals surface area contributed by atoms with Crippen molar-refractivity contribution in [1.29, 1.82) is 0 Å². The third kappa shape index (κ3) is 23.2. The van der Waals surface area contributed by atoms with Gasteiger partial charge in [0.15, 0.2) is 0 Å². The molecule has 0 unspecified atom stereocenters. The van der Waals surface area contributed by atoms with Gasteiger partial charge in [0.05, 0.1) is 6.10 Å². The number of hydrogen-bond donors (Lipinski definition) is 9. The lowest BCUT2D eigenvalue weighted by molar-refractivity contribution is -0.141. The Bertz CT molecular complexity index is 522. The third-order valence-electron chi connectivity index (χ3n) is 2.97. The largest absolute Gasteiger partial charge is 0.480 e. The van der Waals surface area contributed by atoms with E-state index in [9.17, 15) is 19.2 Å². The molecular formula is C15H32N4O9S3. The number of rotatable bonds is 13. The lowest BCUT2D eigenvalue weighted by Gasteiger charge is -2.07. The Morgan fingerprint density at radius 2 is 1.10 bits per heavy atom. The van der Waals surface area contributed by atoms with Gasteiger partial charge in [-0.1, -0.05) is 21.6 Å². The predicted octanol–water partition coefficient (Wildman–Crippen LogP) is -1.88. The lowest BCUT2D eigenvalue weighted by atomic mass is 10.2. The Kier molecular flexibility index (Phi) is 22.8. The molecule has 0 rings (SSSR count). The van der Waals surface area contributed by atoms with Gasteiger partial charge < -0.3 is 48.5 Å². The molecule has 0 aromatic rings. The van der Waals surface area contributed by atoms with Gasteiger partial charge in [-0.3, -0.25) is 19.2 Å². The number of aliphatic carboxylic acids is 4. The van der Waals surface area contributed by atoms with E-state index < -0.39 is 54.1 Å². The summed E-state index contributed by atoms with van der Waals surface area (Å²) < 4.78 is 0. The summed E-state index contributed by atoms with van der Waals surface area (Å²) in [5, 5.41) is 41.7. The van der Waals surface area contributed by atoms with Gasteiger partial charge in [0.2, 0.25) is 0 Å². The molecule has 0 saturated carbocycles. The normalized spacial score (nSPS) is 14.9. The summed E-state index contributed by atoms with van der Waals surface area (Å²) in [5.74, 6) is -2.96. The van der Waals surface area contributed by atoms with Crippen LogP contribution < -0.4 is 22.9 Å². The first-order chi connectivity index (χ1) is 14.2. The van der Waals surface area contributed by atoms with Crippen LogP contribution in [0.4, 0.5) is 0 Å². The van der Waals surface area contributed by atoms with Crippen LogP contribution in [0.3, 0.4) is 0 Å². The Labute approximate surface area is 192 Å². The van der Waals surface area contributed by atoms with E-state index in [0.29, 0.717) is 6.42 Å². The predicted molar refractivity (Wildman–Crippen MR) is 122 cm³/mol. The molecule has 0 aliphatic carbocycles. The molecule has 0 spiro atoms. The second kappa shape index (κ2) is 20.6. The Morgan fingerprint density at radius 1 is 0.742 bits per heavy atom. The smallest absolute Gasteiger partial charge is 0.323 e. The van der Waals surface area contributed by atoms with Crippen LogP contribution in [0, 0.1) is 0 Å². The first-order valence-electron chi connectivity index (χ1n) is 8.53. The monoisotopic (exact) mass is 508 g/mol. The molecule has 0 radical (unpaired) electrons. The van der Waals surface area contributed by atoms with Gasteiger partial charge in [-0.05, 0) is 25.4 Å². The van der Waals surface area contributed by atoms with E-state index in [1.165, 1.54) is 28.5 Å². The highest BCUT2D eigenvalue weighted by Crippen LogP contribution is 2.22. The molecule has 0 aromatic heterocycles. The minimum atomic E-state index is -1.18. The number of carboxylic acids is 4. The van der Waals surface area contributed by atoms with Gasteiger partial charge in [0.1, 0.15) is 24.2 Å². The van der Waals surface area contributed by atoms with Crippen molar-refractivity contribution in [3.63, 3.8) is 0 Å². The van der Waals surface area contributed by atoms with E-state index in [1.54, 1.807) is 11.8 Å². The number of aliphatic hydroxyl groups is 1. The van der Waals surface area contributed by atoms with E-state index in [1.807, 2.05) is 6.26 Å². The zero-order chi connectivity index (χ0) is 25.1. The maximum absolute atomic E-state index is 10.3. The highest BCUT2D eigenvalue weighted by atomic mass is 33.1. The molecule has 0 amide bonds. The highest BCUT2D eigenvalue weighted by Gasteiger charge is 2.16. The molecule has 0 aromatic carbocycles. The lowest BCUT2D eigenvalue weighted by Crippen LogP contribution is -2.39. The summed E-state index contributed by atoms with van der Waals surface area (Å²) in [6, 6.07) is -3.69. The quantitative estimate of drug-likeness (QED) is 0.0971. The maximum atomic E-state index is 10.3. The molecule has 0 bridgehead atoms. The number of carbonyl (C=O) groups is 4. The second-order valence-electron chi connectivity index (χ2n) is 5.79. The average molecular weight is 509 g/mol. The molecule has 16 heteroatoms. The number of aliphatic hydroxyl groups excluding tert-OH is 1. The van der Waals surface area contributed by atoms with Crippen molar-refractivity contribution in [3.05, 3.63) is 0 Å². The molecule has 0 saturated heterocycles. The van der Waals surface area contributed by atoms with Gasteiger partial charge in [0, 0.05) is 11.5 Å². The van der Waals surface area contributed by atoms with Gasteiger partial charge in [-0.25, -0.2) is 0 Å². The fourth-order valence-corrected chi connectivity index (χ4v) is 3.68. The van der Waals surface area contributed by atoms with Crippen molar-refractivity contribution in [3.8, 4) is 0 Å². The SMILES string of the molecule is CSCC[C@H](N)C(=O)O.C[C@@H](O)[C@H](N)C(=O)O.N[C@@H](CSSC[C@H](N)C(=O)O)C(=O)O. The molecule has 0 aliphatic heterocycles. The number of thioether (sulfide) groups is 1. The van der Waals surface area contributed by atoms with Crippen LogP contribution in [0.25, 0.3) is 0 Å². The summed E-state index contributed by atoms with van der Waals surface area (Å²) in [7, 11) is 2.41. The van der Waals surface area contributed by atoms with Crippen molar-refractivity contribution in [2.75, 3.05) is 23.5 Å². The van der Waals surface area contributed by atoms with Crippen molar-refractivity contribution < 1.29 is 44.7 Å². The van der Waals surface area contributed by atoms with Crippen LogP contribution in [-0.4, -0.2) is 103 Å². The summed E-state index contributed by atoms with van der Waals surface area (Å²) in [6.45, 7) is 1.33. The van der Waals surface area contributed by atoms with Crippen LogP contribution in [0.1, 0.15) is 13.3 Å². The Balaban J connectivity index is -0.000000401. The van der Waals surface area contributed by atoms with Crippen molar-refractivity contribution in [1.82, 2.24) is 0 Å². The maximum Gasteiger partial charge on any atom is 0.323 e. The van der Waals surface area contributed by atoms with Crippen molar-refractivity contribution in [2.45, 2.75) is 43.6 Å². The van der Waals surface area contributed by atoms with Crippen LogP contribution in [0.15, 0.2) is 0 Å². The van der Waals surface area contributed by atoms with E-state index >= 15 is 0 Å². The van der Waals surface area contributed by atoms with Crippen molar-refractivity contribution >= 4 is 57.2 Å². The number of carboxylic acid groups (broad SMARTS) is 4.